The largest absolute Gasteiger partial charge is 0.228 e. The van der Waals surface area contributed by atoms with Gasteiger partial charge in [0.1, 0.15) is 0 Å². The minimum absolute atomic E-state index is 0.328. The van der Waals surface area contributed by atoms with Crippen molar-refractivity contribution in [2.24, 2.45) is 5.41 Å². The van der Waals surface area contributed by atoms with Crippen molar-refractivity contribution in [3.8, 4) is 0 Å². The van der Waals surface area contributed by atoms with Gasteiger partial charge in [0.2, 0.25) is 5.95 Å². The first-order valence-electron chi connectivity index (χ1n) is 8.51. The average Bonchev–Trinajstić information content (AvgIpc) is 2.96. The van der Waals surface area contributed by atoms with Gasteiger partial charge in [-0.1, -0.05) is 18.6 Å². The average molecular weight is 357 g/mol. The van der Waals surface area contributed by atoms with Gasteiger partial charge >= 0.3 is 0 Å². The Kier molecular flexibility index (Phi) is 3.80. The molecule has 5 heteroatoms. The molecule has 0 saturated heterocycles. The Balaban J connectivity index is 1.77. The fourth-order valence-corrected chi connectivity index (χ4v) is 4.70. The number of halogens is 1. The fourth-order valence-electron chi connectivity index (χ4n) is 4.07. The summed E-state index contributed by atoms with van der Waals surface area (Å²) in [5, 5.41) is 0. The summed E-state index contributed by atoms with van der Waals surface area (Å²) in [5.74, 6) is -0.472. The van der Waals surface area contributed by atoms with Gasteiger partial charge in [-0.25, -0.2) is 13.4 Å². The summed E-state index contributed by atoms with van der Waals surface area (Å²) >= 11 is 0. The molecule has 1 aromatic heterocycles. The molecule has 4 rings (SSSR count). The maximum atomic E-state index is 13.2. The van der Waals surface area contributed by atoms with Crippen molar-refractivity contribution in [3.05, 3.63) is 59.7 Å². The highest BCUT2D eigenvalue weighted by Gasteiger charge is 2.43. The van der Waals surface area contributed by atoms with Gasteiger partial charge in [0, 0.05) is 12.5 Å². The molecule has 0 radical (unpaired) electrons. The van der Waals surface area contributed by atoms with Gasteiger partial charge in [0.15, 0.2) is 9.84 Å². The predicted octanol–water partition coefficient (Wildman–Crippen LogP) is 4.50. The second-order valence-electron chi connectivity index (χ2n) is 7.33. The van der Waals surface area contributed by atoms with E-state index in [9.17, 15) is 12.8 Å². The van der Waals surface area contributed by atoms with Gasteiger partial charge in [-0.2, -0.15) is 4.39 Å². The van der Waals surface area contributed by atoms with Crippen molar-refractivity contribution < 1.29 is 12.8 Å². The minimum Gasteiger partial charge on any atom is -0.228 e. The monoisotopic (exact) mass is 357 g/mol. The van der Waals surface area contributed by atoms with Crippen LogP contribution in [0.2, 0.25) is 0 Å². The van der Waals surface area contributed by atoms with Crippen LogP contribution < -0.4 is 0 Å². The van der Waals surface area contributed by atoms with Gasteiger partial charge in [0.05, 0.1) is 4.90 Å². The Morgan fingerprint density at radius 3 is 2.04 bits per heavy atom. The Morgan fingerprint density at radius 2 is 1.56 bits per heavy atom. The second kappa shape index (κ2) is 5.77. The third-order valence-electron chi connectivity index (χ3n) is 5.59. The van der Waals surface area contributed by atoms with E-state index in [2.05, 4.69) is 4.98 Å². The number of pyridine rings is 1. The van der Waals surface area contributed by atoms with E-state index in [1.807, 2.05) is 12.1 Å². The van der Waals surface area contributed by atoms with Crippen molar-refractivity contribution in [2.45, 2.75) is 37.0 Å². The van der Waals surface area contributed by atoms with Crippen molar-refractivity contribution in [1.82, 2.24) is 4.98 Å². The van der Waals surface area contributed by atoms with E-state index in [1.165, 1.54) is 42.7 Å². The molecule has 0 N–H and O–H groups in total. The SMILES string of the molecule is CS(=O)(=O)c1ccc(C2=C(c3ccc(F)nc3)CC3(CCC3)C2)cc1. The van der Waals surface area contributed by atoms with Gasteiger partial charge in [-0.3, -0.25) is 0 Å². The van der Waals surface area contributed by atoms with Crippen molar-refractivity contribution in [1.29, 1.82) is 0 Å². The third-order valence-corrected chi connectivity index (χ3v) is 6.72. The number of nitrogens with zero attached hydrogens (tertiary/aromatic N) is 1. The molecule has 2 aromatic rings. The van der Waals surface area contributed by atoms with E-state index in [4.69, 9.17) is 0 Å². The van der Waals surface area contributed by atoms with Crippen LogP contribution in [0.3, 0.4) is 0 Å². The van der Waals surface area contributed by atoms with E-state index < -0.39 is 15.8 Å². The number of benzene rings is 1. The first-order valence-corrected chi connectivity index (χ1v) is 10.4. The lowest BCUT2D eigenvalue weighted by atomic mass is 9.66. The molecule has 25 heavy (non-hydrogen) atoms. The molecule has 3 nitrogen and oxygen atoms in total. The van der Waals surface area contributed by atoms with Crippen LogP contribution in [0.25, 0.3) is 11.1 Å². The molecule has 0 amide bonds. The van der Waals surface area contributed by atoms with Crippen LogP contribution in [0.15, 0.2) is 47.5 Å². The first kappa shape index (κ1) is 16.5. The van der Waals surface area contributed by atoms with Crippen LogP contribution in [-0.4, -0.2) is 19.7 Å². The molecule has 0 atom stereocenters. The minimum atomic E-state index is -3.20. The van der Waals surface area contributed by atoms with Crippen LogP contribution in [0.4, 0.5) is 4.39 Å². The topological polar surface area (TPSA) is 47.0 Å². The summed E-state index contributed by atoms with van der Waals surface area (Å²) < 4.78 is 36.6. The van der Waals surface area contributed by atoms with Crippen molar-refractivity contribution in [2.75, 3.05) is 6.26 Å². The number of sulfone groups is 1. The summed E-state index contributed by atoms with van der Waals surface area (Å²) in [7, 11) is -3.20. The van der Waals surface area contributed by atoms with E-state index in [1.54, 1.807) is 24.4 Å². The molecule has 2 aliphatic carbocycles. The Bertz CT molecular complexity index is 940. The van der Waals surface area contributed by atoms with E-state index in [-0.39, 0.29) is 0 Å². The third kappa shape index (κ3) is 3.01. The van der Waals surface area contributed by atoms with Crippen LogP contribution in [0.5, 0.6) is 0 Å². The molecule has 1 aromatic carbocycles. The lowest BCUT2D eigenvalue weighted by molar-refractivity contribution is 0.157. The molecular weight excluding hydrogens is 337 g/mol. The predicted molar refractivity (Wildman–Crippen MR) is 96.1 cm³/mol. The molecule has 0 unspecified atom stereocenters. The van der Waals surface area contributed by atoms with Crippen molar-refractivity contribution in [3.63, 3.8) is 0 Å². The quantitative estimate of drug-likeness (QED) is 0.760. The zero-order chi connectivity index (χ0) is 17.7. The van der Waals surface area contributed by atoms with E-state index >= 15 is 0 Å². The molecule has 1 heterocycles. The lowest BCUT2D eigenvalue weighted by Gasteiger charge is -2.39. The van der Waals surface area contributed by atoms with E-state index in [0.29, 0.717) is 10.3 Å². The zero-order valence-corrected chi connectivity index (χ0v) is 14.9. The summed E-state index contributed by atoms with van der Waals surface area (Å²) in [6, 6.07) is 10.3. The normalized spacial score (nSPS) is 19.3. The molecule has 1 fully saturated rings. The highest BCUT2D eigenvalue weighted by Crippen LogP contribution is 2.59. The highest BCUT2D eigenvalue weighted by molar-refractivity contribution is 7.90. The van der Waals surface area contributed by atoms with Gasteiger partial charge < -0.3 is 0 Å². The van der Waals surface area contributed by atoms with Crippen LogP contribution >= 0.6 is 0 Å². The molecule has 0 bridgehead atoms. The molecule has 1 saturated carbocycles. The fraction of sp³-hybridized carbons (Fsp3) is 0.350. The Morgan fingerprint density at radius 1 is 0.960 bits per heavy atom. The molecule has 0 aliphatic heterocycles. The van der Waals surface area contributed by atoms with Gasteiger partial charge in [-0.05, 0) is 77.6 Å². The summed E-state index contributed by atoms with van der Waals surface area (Å²) in [6.45, 7) is 0. The maximum absolute atomic E-state index is 13.2. The van der Waals surface area contributed by atoms with Crippen molar-refractivity contribution >= 4 is 21.0 Å². The molecule has 1 spiro atoms. The molecule has 2 aliphatic rings. The Hall–Kier alpha value is -2.01. The smallest absolute Gasteiger partial charge is 0.212 e. The van der Waals surface area contributed by atoms with Gasteiger partial charge in [0.25, 0.3) is 0 Å². The summed E-state index contributed by atoms with van der Waals surface area (Å²) in [5.41, 5.74) is 4.81. The highest BCUT2D eigenvalue weighted by atomic mass is 32.2. The number of rotatable bonds is 3. The summed E-state index contributed by atoms with van der Waals surface area (Å²) in [6.07, 6.45) is 8.51. The molecule has 130 valence electrons. The zero-order valence-electron chi connectivity index (χ0n) is 14.1. The number of hydrogen-bond acceptors (Lipinski definition) is 3. The van der Waals surface area contributed by atoms with Crippen LogP contribution in [0.1, 0.15) is 43.2 Å². The summed E-state index contributed by atoms with van der Waals surface area (Å²) in [4.78, 5) is 4.14. The number of allylic oxidation sites excluding steroid dienone is 2. The first-order chi connectivity index (χ1) is 11.9. The standard InChI is InChI=1S/C20H20FNO2S/c1-25(23,24)16-6-3-14(4-7-16)17-11-20(9-2-10-20)12-18(17)15-5-8-19(21)22-13-15/h3-8,13H,2,9-12H2,1H3. The Labute approximate surface area is 147 Å². The maximum Gasteiger partial charge on any atom is 0.212 e. The second-order valence-corrected chi connectivity index (χ2v) is 9.35. The van der Waals surface area contributed by atoms with E-state index in [0.717, 1.165) is 24.0 Å². The molecular formula is C20H20FNO2S. The van der Waals surface area contributed by atoms with Gasteiger partial charge in [-0.15, -0.1) is 0 Å². The van der Waals surface area contributed by atoms with Crippen LogP contribution in [0, 0.1) is 11.4 Å². The van der Waals surface area contributed by atoms with Crippen LogP contribution in [-0.2, 0) is 9.84 Å². The number of aromatic nitrogens is 1. The lowest BCUT2D eigenvalue weighted by Crippen LogP contribution is -2.26. The number of hydrogen-bond donors (Lipinski definition) is 0.